The molecule has 36 heavy (non-hydrogen) atoms. The number of nitrogens with zero attached hydrogens (tertiary/aromatic N) is 2. The summed E-state index contributed by atoms with van der Waals surface area (Å²) in [5.41, 5.74) is 1.00. The minimum atomic E-state index is -0.836. The fraction of sp³-hybridized carbons (Fsp3) is 0.429. The molecule has 0 saturated carbocycles. The monoisotopic (exact) mass is 496 g/mol. The predicted octanol–water partition coefficient (Wildman–Crippen LogP) is 4.25. The van der Waals surface area contributed by atoms with Gasteiger partial charge in [-0.1, -0.05) is 26.0 Å². The van der Waals surface area contributed by atoms with Gasteiger partial charge in [-0.15, -0.1) is 0 Å². The standard InChI is InChI=1S/C28H36N2O6/c1-7-29(8-2)16-17-30-24(21-10-9-11-22(34-5)27(21)35-6)23(26(32)28(30)33)25(31)19-12-14-20(15-13-19)36-18(3)4/h9-15,18,24,31H,7-8,16-17H2,1-6H3/t24-/m0/s1. The molecule has 8 heteroatoms. The normalized spacial score (nSPS) is 17.2. The molecule has 0 radical (unpaired) electrons. The maximum atomic E-state index is 13.3. The van der Waals surface area contributed by atoms with E-state index >= 15 is 0 Å². The number of aliphatic hydroxyl groups excluding tert-OH is 1. The second-order valence-electron chi connectivity index (χ2n) is 8.79. The smallest absolute Gasteiger partial charge is 0.295 e. The summed E-state index contributed by atoms with van der Waals surface area (Å²) in [5.74, 6) is -0.106. The van der Waals surface area contributed by atoms with E-state index in [9.17, 15) is 14.7 Å². The highest BCUT2D eigenvalue weighted by Gasteiger charge is 2.47. The van der Waals surface area contributed by atoms with Gasteiger partial charge in [0.1, 0.15) is 11.5 Å². The van der Waals surface area contributed by atoms with Crippen molar-refractivity contribution >= 4 is 17.4 Å². The van der Waals surface area contributed by atoms with E-state index in [4.69, 9.17) is 14.2 Å². The Hall–Kier alpha value is -3.52. The molecule has 194 valence electrons. The van der Waals surface area contributed by atoms with Gasteiger partial charge in [-0.05, 0) is 57.3 Å². The van der Waals surface area contributed by atoms with Gasteiger partial charge in [-0.2, -0.15) is 0 Å². The highest BCUT2D eigenvalue weighted by molar-refractivity contribution is 6.46. The Labute approximate surface area is 213 Å². The van der Waals surface area contributed by atoms with Crippen molar-refractivity contribution in [2.45, 2.75) is 39.8 Å². The van der Waals surface area contributed by atoms with Crippen LogP contribution in [0.4, 0.5) is 0 Å². The highest BCUT2D eigenvalue weighted by Crippen LogP contribution is 2.45. The Balaban J connectivity index is 2.15. The zero-order valence-electron chi connectivity index (χ0n) is 21.9. The van der Waals surface area contributed by atoms with Gasteiger partial charge in [0.15, 0.2) is 11.5 Å². The van der Waals surface area contributed by atoms with Crippen LogP contribution in [0.2, 0.25) is 0 Å². The first-order valence-corrected chi connectivity index (χ1v) is 12.3. The number of Topliss-reactive ketones (excluding diaryl/α,β-unsaturated/α-hetero) is 1. The molecule has 0 bridgehead atoms. The van der Waals surface area contributed by atoms with Gasteiger partial charge in [0.05, 0.1) is 31.9 Å². The minimum absolute atomic E-state index is 0.00102. The quantitative estimate of drug-likeness (QED) is 0.283. The number of carbonyl (C=O) groups excluding carboxylic acids is 2. The Morgan fingerprint density at radius 2 is 1.69 bits per heavy atom. The molecule has 1 aliphatic heterocycles. The molecule has 1 saturated heterocycles. The van der Waals surface area contributed by atoms with Crippen LogP contribution in [-0.4, -0.2) is 73.1 Å². The zero-order valence-corrected chi connectivity index (χ0v) is 21.9. The average molecular weight is 497 g/mol. The number of likely N-dealkylation sites (N-methyl/N-ethyl adjacent to an activating group) is 1. The Bertz CT molecular complexity index is 1110. The van der Waals surface area contributed by atoms with Crippen molar-refractivity contribution in [3.8, 4) is 17.2 Å². The van der Waals surface area contributed by atoms with Crippen LogP contribution >= 0.6 is 0 Å². The Morgan fingerprint density at radius 1 is 1.03 bits per heavy atom. The number of carbonyl (C=O) groups is 2. The van der Waals surface area contributed by atoms with Crippen LogP contribution in [0.25, 0.3) is 5.76 Å². The molecule has 0 spiro atoms. The van der Waals surface area contributed by atoms with Crippen molar-refractivity contribution in [2.24, 2.45) is 0 Å². The fourth-order valence-corrected chi connectivity index (χ4v) is 4.47. The molecule has 0 aliphatic carbocycles. The van der Waals surface area contributed by atoms with Crippen LogP contribution in [0.1, 0.15) is 44.9 Å². The molecule has 1 amide bonds. The van der Waals surface area contributed by atoms with Gasteiger partial charge in [0.2, 0.25) is 0 Å². The lowest BCUT2D eigenvalue weighted by atomic mass is 9.94. The van der Waals surface area contributed by atoms with Gasteiger partial charge >= 0.3 is 0 Å². The van der Waals surface area contributed by atoms with Gasteiger partial charge < -0.3 is 29.1 Å². The minimum Gasteiger partial charge on any atom is -0.507 e. The maximum absolute atomic E-state index is 13.3. The maximum Gasteiger partial charge on any atom is 0.295 e. The summed E-state index contributed by atoms with van der Waals surface area (Å²) >= 11 is 0. The molecule has 1 fully saturated rings. The number of hydrogen-bond donors (Lipinski definition) is 1. The summed E-state index contributed by atoms with van der Waals surface area (Å²) in [6.45, 7) is 10.5. The third kappa shape index (κ3) is 5.49. The van der Waals surface area contributed by atoms with E-state index < -0.39 is 17.7 Å². The number of rotatable bonds is 11. The van der Waals surface area contributed by atoms with Crippen molar-refractivity contribution in [2.75, 3.05) is 40.4 Å². The van der Waals surface area contributed by atoms with Gasteiger partial charge in [0.25, 0.3) is 11.7 Å². The summed E-state index contributed by atoms with van der Waals surface area (Å²) in [4.78, 5) is 30.3. The van der Waals surface area contributed by atoms with Gasteiger partial charge in [0, 0.05) is 24.2 Å². The molecule has 1 atom stereocenters. The highest BCUT2D eigenvalue weighted by atomic mass is 16.5. The van der Waals surface area contributed by atoms with Crippen LogP contribution in [-0.2, 0) is 9.59 Å². The van der Waals surface area contributed by atoms with Crippen LogP contribution in [0.15, 0.2) is 48.0 Å². The first-order chi connectivity index (χ1) is 17.3. The van der Waals surface area contributed by atoms with E-state index in [0.29, 0.717) is 41.5 Å². The molecular weight excluding hydrogens is 460 g/mol. The van der Waals surface area contributed by atoms with Crippen molar-refractivity contribution < 1.29 is 28.9 Å². The number of likely N-dealkylation sites (tertiary alicyclic amines) is 1. The largest absolute Gasteiger partial charge is 0.507 e. The number of amides is 1. The molecule has 8 nitrogen and oxygen atoms in total. The summed E-state index contributed by atoms with van der Waals surface area (Å²) in [7, 11) is 3.04. The van der Waals surface area contributed by atoms with Crippen LogP contribution in [0, 0.1) is 0 Å². The second kappa shape index (κ2) is 11.9. The first kappa shape index (κ1) is 27.1. The Kier molecular flexibility index (Phi) is 8.98. The molecule has 0 aromatic heterocycles. The molecule has 2 aromatic rings. The van der Waals surface area contributed by atoms with E-state index in [2.05, 4.69) is 4.90 Å². The van der Waals surface area contributed by atoms with E-state index in [1.165, 1.54) is 19.1 Å². The third-order valence-electron chi connectivity index (χ3n) is 6.32. The van der Waals surface area contributed by atoms with Crippen molar-refractivity contribution in [1.82, 2.24) is 9.80 Å². The lowest BCUT2D eigenvalue weighted by molar-refractivity contribution is -0.140. The number of ether oxygens (including phenoxy) is 3. The Morgan fingerprint density at radius 3 is 2.25 bits per heavy atom. The number of methoxy groups -OCH3 is 2. The van der Waals surface area contributed by atoms with Crippen molar-refractivity contribution in [3.63, 3.8) is 0 Å². The van der Waals surface area contributed by atoms with E-state index in [1.54, 1.807) is 42.5 Å². The molecular formula is C28H36N2O6. The molecule has 0 unspecified atom stereocenters. The lowest BCUT2D eigenvalue weighted by Crippen LogP contribution is -2.38. The number of benzene rings is 2. The summed E-state index contributed by atoms with van der Waals surface area (Å²) in [6.07, 6.45) is 0.00102. The zero-order chi connectivity index (χ0) is 26.4. The van der Waals surface area contributed by atoms with Crippen LogP contribution in [0.3, 0.4) is 0 Å². The number of para-hydroxylation sites is 1. The predicted molar refractivity (Wildman–Crippen MR) is 139 cm³/mol. The molecule has 1 heterocycles. The second-order valence-corrected chi connectivity index (χ2v) is 8.79. The molecule has 2 aromatic carbocycles. The molecule has 1 N–H and O–H groups in total. The van der Waals surface area contributed by atoms with Crippen LogP contribution < -0.4 is 14.2 Å². The summed E-state index contributed by atoms with van der Waals surface area (Å²) in [6, 6.07) is 11.3. The number of hydrogen-bond acceptors (Lipinski definition) is 7. The molecule has 1 aliphatic rings. The lowest BCUT2D eigenvalue weighted by Gasteiger charge is -2.29. The topological polar surface area (TPSA) is 88.5 Å². The van der Waals surface area contributed by atoms with Gasteiger partial charge in [-0.25, -0.2) is 0 Å². The van der Waals surface area contributed by atoms with Crippen LogP contribution in [0.5, 0.6) is 17.2 Å². The average Bonchev–Trinajstić information content (AvgIpc) is 3.13. The van der Waals surface area contributed by atoms with E-state index in [1.807, 2.05) is 27.7 Å². The van der Waals surface area contributed by atoms with Crippen molar-refractivity contribution in [1.29, 1.82) is 0 Å². The number of ketones is 1. The fourth-order valence-electron chi connectivity index (χ4n) is 4.47. The summed E-state index contributed by atoms with van der Waals surface area (Å²) in [5, 5.41) is 11.3. The number of aliphatic hydroxyl groups is 1. The SMILES string of the molecule is CCN(CC)CCN1C(=O)C(=O)C(=C(O)c2ccc(OC(C)C)cc2)[C@@H]1c1cccc(OC)c1OC. The van der Waals surface area contributed by atoms with Crippen molar-refractivity contribution in [3.05, 3.63) is 59.2 Å². The van der Waals surface area contributed by atoms with E-state index in [0.717, 1.165) is 13.1 Å². The first-order valence-electron chi connectivity index (χ1n) is 12.3. The van der Waals surface area contributed by atoms with E-state index in [-0.39, 0.29) is 17.4 Å². The summed E-state index contributed by atoms with van der Waals surface area (Å²) < 4.78 is 16.8. The third-order valence-corrected chi connectivity index (χ3v) is 6.32. The van der Waals surface area contributed by atoms with Gasteiger partial charge in [-0.3, -0.25) is 9.59 Å². The molecule has 3 rings (SSSR count).